The zero-order valence-electron chi connectivity index (χ0n) is 17.2. The Kier molecular flexibility index (Phi) is 7.37. The predicted octanol–water partition coefficient (Wildman–Crippen LogP) is 3.43. The minimum atomic E-state index is -0.736. The first-order valence-electron chi connectivity index (χ1n) is 9.49. The molecule has 0 saturated carbocycles. The third-order valence-corrected chi connectivity index (χ3v) is 4.35. The number of hydrogen-bond donors (Lipinski definition) is 1. The molecule has 1 N–H and O–H groups in total. The lowest BCUT2D eigenvalue weighted by Crippen LogP contribution is -2.26. The summed E-state index contributed by atoms with van der Waals surface area (Å²) in [6.07, 6.45) is 0. The van der Waals surface area contributed by atoms with Crippen LogP contribution >= 0.6 is 0 Å². The van der Waals surface area contributed by atoms with E-state index in [4.69, 9.17) is 14.2 Å². The lowest BCUT2D eigenvalue weighted by Gasteiger charge is -2.12. The zero-order chi connectivity index (χ0) is 22.1. The van der Waals surface area contributed by atoms with Gasteiger partial charge in [-0.25, -0.2) is 10.2 Å². The van der Waals surface area contributed by atoms with Gasteiger partial charge in [0.1, 0.15) is 17.1 Å². The average molecular weight is 418 g/mol. The Balaban J connectivity index is 1.71. The Morgan fingerprint density at radius 3 is 1.77 bits per heavy atom. The summed E-state index contributed by atoms with van der Waals surface area (Å²) in [5, 5.41) is 4.26. The van der Waals surface area contributed by atoms with Crippen molar-refractivity contribution >= 4 is 17.6 Å². The number of carbonyl (C=O) groups is 2. The number of benzene rings is 3. The van der Waals surface area contributed by atoms with Crippen molar-refractivity contribution in [1.82, 2.24) is 5.43 Å². The molecule has 0 heterocycles. The highest BCUT2D eigenvalue weighted by molar-refractivity contribution is 6.13. The molecule has 0 aliphatic heterocycles. The van der Waals surface area contributed by atoms with E-state index in [2.05, 4.69) is 10.5 Å². The molecule has 0 atom stereocenters. The Morgan fingerprint density at radius 2 is 1.29 bits per heavy atom. The van der Waals surface area contributed by atoms with Crippen LogP contribution in [0.25, 0.3) is 0 Å². The SMILES string of the molecule is COc1cccc(OC)c1C(=O)OCC(=O)NN=C(c1ccccc1)c1ccccc1. The van der Waals surface area contributed by atoms with Crippen LogP contribution in [0.15, 0.2) is 84.0 Å². The number of amides is 1. The summed E-state index contributed by atoms with van der Waals surface area (Å²) in [5.74, 6) is -0.734. The summed E-state index contributed by atoms with van der Waals surface area (Å²) in [6, 6.07) is 23.8. The number of rotatable bonds is 8. The minimum Gasteiger partial charge on any atom is -0.496 e. The third kappa shape index (κ3) is 5.48. The van der Waals surface area contributed by atoms with Crippen molar-refractivity contribution < 1.29 is 23.8 Å². The number of carbonyl (C=O) groups excluding carboxylic acids is 2. The standard InChI is InChI=1S/C24H22N2O5/c1-29-19-14-9-15-20(30-2)22(19)24(28)31-16-21(27)25-26-23(17-10-5-3-6-11-17)18-12-7-4-8-13-18/h3-15H,16H2,1-2H3,(H,25,27). The zero-order valence-corrected chi connectivity index (χ0v) is 17.2. The van der Waals surface area contributed by atoms with Gasteiger partial charge in [-0.2, -0.15) is 5.10 Å². The van der Waals surface area contributed by atoms with Gasteiger partial charge in [0.15, 0.2) is 6.61 Å². The second kappa shape index (κ2) is 10.6. The van der Waals surface area contributed by atoms with Crippen LogP contribution in [0.4, 0.5) is 0 Å². The van der Waals surface area contributed by atoms with Gasteiger partial charge in [-0.3, -0.25) is 4.79 Å². The summed E-state index contributed by atoms with van der Waals surface area (Å²) < 4.78 is 15.5. The predicted molar refractivity (Wildman–Crippen MR) is 116 cm³/mol. The first-order chi connectivity index (χ1) is 15.1. The first-order valence-corrected chi connectivity index (χ1v) is 9.49. The molecule has 0 aromatic heterocycles. The van der Waals surface area contributed by atoms with Crippen molar-refractivity contribution in [1.29, 1.82) is 0 Å². The van der Waals surface area contributed by atoms with Gasteiger partial charge in [-0.15, -0.1) is 0 Å². The topological polar surface area (TPSA) is 86.2 Å². The Hall–Kier alpha value is -4.13. The fourth-order valence-electron chi connectivity index (χ4n) is 2.89. The molecule has 0 bridgehead atoms. The lowest BCUT2D eigenvalue weighted by molar-refractivity contribution is -0.124. The van der Waals surface area contributed by atoms with E-state index in [1.807, 2.05) is 60.7 Å². The second-order valence-electron chi connectivity index (χ2n) is 6.34. The maximum absolute atomic E-state index is 12.5. The maximum atomic E-state index is 12.5. The van der Waals surface area contributed by atoms with Crippen LogP contribution in [0.2, 0.25) is 0 Å². The van der Waals surface area contributed by atoms with Crippen LogP contribution in [-0.2, 0) is 9.53 Å². The van der Waals surface area contributed by atoms with E-state index in [1.54, 1.807) is 18.2 Å². The molecule has 7 nitrogen and oxygen atoms in total. The van der Waals surface area contributed by atoms with E-state index in [0.29, 0.717) is 17.2 Å². The van der Waals surface area contributed by atoms with Crippen LogP contribution < -0.4 is 14.9 Å². The quantitative estimate of drug-likeness (QED) is 0.344. The fraction of sp³-hybridized carbons (Fsp3) is 0.125. The normalized spacial score (nSPS) is 10.0. The summed E-state index contributed by atoms with van der Waals surface area (Å²) >= 11 is 0. The number of methoxy groups -OCH3 is 2. The van der Waals surface area contributed by atoms with Crippen LogP contribution in [0, 0.1) is 0 Å². The van der Waals surface area contributed by atoms with Gasteiger partial charge in [0.25, 0.3) is 5.91 Å². The molecule has 0 spiro atoms. The van der Waals surface area contributed by atoms with Crippen molar-refractivity contribution in [3.05, 3.63) is 95.6 Å². The van der Waals surface area contributed by atoms with Crippen LogP contribution in [0.1, 0.15) is 21.5 Å². The van der Waals surface area contributed by atoms with Crippen molar-refractivity contribution in [3.63, 3.8) is 0 Å². The van der Waals surface area contributed by atoms with Gasteiger partial charge < -0.3 is 14.2 Å². The molecule has 158 valence electrons. The molecule has 3 aromatic rings. The molecular formula is C24H22N2O5. The second-order valence-corrected chi connectivity index (χ2v) is 6.34. The molecule has 0 aliphatic rings. The number of hydrazone groups is 1. The molecule has 31 heavy (non-hydrogen) atoms. The maximum Gasteiger partial charge on any atom is 0.346 e. The molecule has 3 rings (SSSR count). The van der Waals surface area contributed by atoms with Gasteiger partial charge >= 0.3 is 5.97 Å². The average Bonchev–Trinajstić information content (AvgIpc) is 2.83. The molecule has 0 fully saturated rings. The smallest absolute Gasteiger partial charge is 0.346 e. The molecule has 3 aromatic carbocycles. The highest BCUT2D eigenvalue weighted by atomic mass is 16.5. The third-order valence-electron chi connectivity index (χ3n) is 4.35. The van der Waals surface area contributed by atoms with E-state index < -0.39 is 18.5 Å². The largest absolute Gasteiger partial charge is 0.496 e. The van der Waals surface area contributed by atoms with Crippen LogP contribution in [0.3, 0.4) is 0 Å². The molecular weight excluding hydrogens is 396 g/mol. The number of nitrogens with one attached hydrogen (secondary N) is 1. The molecule has 0 unspecified atom stereocenters. The molecule has 0 aliphatic carbocycles. The Labute approximate surface area is 180 Å². The van der Waals surface area contributed by atoms with Gasteiger partial charge in [0.2, 0.25) is 0 Å². The van der Waals surface area contributed by atoms with Gasteiger partial charge in [-0.1, -0.05) is 66.7 Å². The highest BCUT2D eigenvalue weighted by Crippen LogP contribution is 2.28. The minimum absolute atomic E-state index is 0.109. The van der Waals surface area contributed by atoms with Crippen molar-refractivity contribution in [2.75, 3.05) is 20.8 Å². The summed E-state index contributed by atoms with van der Waals surface area (Å²) in [5.41, 5.74) is 4.83. The number of nitrogens with zero attached hydrogens (tertiary/aromatic N) is 1. The van der Waals surface area contributed by atoms with Gasteiger partial charge in [0.05, 0.1) is 19.9 Å². The first kappa shape index (κ1) is 21.6. The van der Waals surface area contributed by atoms with Gasteiger partial charge in [-0.05, 0) is 12.1 Å². The van der Waals surface area contributed by atoms with Crippen molar-refractivity contribution in [3.8, 4) is 11.5 Å². The summed E-state index contributed by atoms with van der Waals surface area (Å²) in [4.78, 5) is 24.8. The highest BCUT2D eigenvalue weighted by Gasteiger charge is 2.20. The van der Waals surface area contributed by atoms with Crippen LogP contribution in [0.5, 0.6) is 11.5 Å². The van der Waals surface area contributed by atoms with Crippen molar-refractivity contribution in [2.45, 2.75) is 0 Å². The summed E-state index contributed by atoms with van der Waals surface area (Å²) in [7, 11) is 2.86. The lowest BCUT2D eigenvalue weighted by atomic mass is 10.0. The van der Waals surface area contributed by atoms with E-state index >= 15 is 0 Å². The van der Waals surface area contributed by atoms with E-state index in [1.165, 1.54) is 14.2 Å². The van der Waals surface area contributed by atoms with Gasteiger partial charge in [0, 0.05) is 11.1 Å². The molecule has 1 amide bonds. The molecule has 0 radical (unpaired) electrons. The number of hydrogen-bond acceptors (Lipinski definition) is 6. The van der Waals surface area contributed by atoms with Crippen molar-refractivity contribution in [2.24, 2.45) is 5.10 Å². The summed E-state index contributed by atoms with van der Waals surface area (Å²) in [6.45, 7) is -0.513. The molecule has 7 heteroatoms. The van der Waals surface area contributed by atoms with E-state index in [9.17, 15) is 9.59 Å². The number of esters is 1. The van der Waals surface area contributed by atoms with E-state index in [-0.39, 0.29) is 5.56 Å². The fourth-order valence-corrected chi connectivity index (χ4v) is 2.89. The molecule has 0 saturated heterocycles. The number of ether oxygens (including phenoxy) is 3. The Bertz CT molecular complexity index is 1000. The Morgan fingerprint density at radius 1 is 0.774 bits per heavy atom. The van der Waals surface area contributed by atoms with E-state index in [0.717, 1.165) is 11.1 Å². The van der Waals surface area contributed by atoms with Crippen LogP contribution in [-0.4, -0.2) is 38.4 Å². The monoisotopic (exact) mass is 418 g/mol.